The highest BCUT2D eigenvalue weighted by atomic mass is 35.5. The Kier molecular flexibility index (Phi) is 10.4. The van der Waals surface area contributed by atoms with Crippen molar-refractivity contribution in [3.8, 4) is 11.4 Å². The molecule has 2 aromatic carbocycles. The van der Waals surface area contributed by atoms with Gasteiger partial charge in [-0.3, -0.25) is 28.5 Å². The summed E-state index contributed by atoms with van der Waals surface area (Å²) in [5, 5.41) is 13.8. The fourth-order valence-electron chi connectivity index (χ4n) is 3.95. The highest BCUT2D eigenvalue weighted by molar-refractivity contribution is 6.39. The summed E-state index contributed by atoms with van der Waals surface area (Å²) in [7, 11) is 0. The topological polar surface area (TPSA) is 187 Å². The first-order valence-electron chi connectivity index (χ1n) is 12.8. The molecule has 0 fully saturated rings. The van der Waals surface area contributed by atoms with Crippen LogP contribution in [0.2, 0.25) is 10.0 Å². The number of hydrogen-bond donors (Lipinski definition) is 3. The summed E-state index contributed by atoms with van der Waals surface area (Å²) in [6.07, 6.45) is 1.38. The molecule has 45 heavy (non-hydrogen) atoms. The predicted octanol–water partition coefficient (Wildman–Crippen LogP) is 3.59. The summed E-state index contributed by atoms with van der Waals surface area (Å²) in [4.78, 5) is 80.0. The number of anilines is 1. The van der Waals surface area contributed by atoms with E-state index in [1.54, 1.807) is 0 Å². The first kappa shape index (κ1) is 32.6. The number of aliphatic carboxylic acids is 1. The number of carboxylic acid groups (broad SMARTS) is 1. The predicted molar refractivity (Wildman–Crippen MR) is 156 cm³/mol. The molecule has 2 heterocycles. The highest BCUT2D eigenvalue weighted by Crippen LogP contribution is 2.25. The minimum atomic E-state index is -1.69. The van der Waals surface area contributed by atoms with Crippen LogP contribution in [0.5, 0.6) is 0 Å². The van der Waals surface area contributed by atoms with Crippen LogP contribution in [-0.2, 0) is 25.7 Å². The van der Waals surface area contributed by atoms with Crippen LogP contribution >= 0.6 is 23.2 Å². The van der Waals surface area contributed by atoms with Gasteiger partial charge in [0.05, 0.1) is 34.5 Å². The largest absolute Gasteiger partial charge is 0.481 e. The zero-order valence-corrected chi connectivity index (χ0v) is 24.3. The number of furan rings is 1. The second-order valence-electron chi connectivity index (χ2n) is 9.18. The van der Waals surface area contributed by atoms with Gasteiger partial charge in [-0.2, -0.15) is 0 Å². The van der Waals surface area contributed by atoms with Gasteiger partial charge in [0.1, 0.15) is 29.9 Å². The number of rotatable bonds is 12. The molecule has 0 aliphatic rings. The van der Waals surface area contributed by atoms with Gasteiger partial charge in [0.2, 0.25) is 5.91 Å². The molecule has 1 atom stereocenters. The van der Waals surface area contributed by atoms with E-state index >= 15 is 0 Å². The maximum absolute atomic E-state index is 13.6. The molecule has 0 aliphatic heterocycles. The smallest absolute Gasteiger partial charge is 0.341 e. The second kappa shape index (κ2) is 14.4. The number of carboxylic acids is 1. The first-order valence-corrected chi connectivity index (χ1v) is 13.6. The quantitative estimate of drug-likeness (QED) is 0.190. The zero-order chi connectivity index (χ0) is 32.7. The summed E-state index contributed by atoms with van der Waals surface area (Å²) in [6, 6.07) is 10.1. The van der Waals surface area contributed by atoms with Gasteiger partial charge in [0.25, 0.3) is 11.5 Å². The summed E-state index contributed by atoms with van der Waals surface area (Å²) in [6.45, 7) is -1.77. The third kappa shape index (κ3) is 8.19. The molecule has 13 nitrogen and oxygen atoms in total. The van der Waals surface area contributed by atoms with Gasteiger partial charge in [-0.15, -0.1) is 0 Å². The first-order chi connectivity index (χ1) is 21.4. The Labute approximate surface area is 262 Å². The summed E-state index contributed by atoms with van der Waals surface area (Å²) in [5.41, 5.74) is -1.26. The molecule has 16 heteroatoms. The van der Waals surface area contributed by atoms with E-state index in [9.17, 15) is 38.3 Å². The fraction of sp³-hybridized carbons (Fsp3) is 0.138. The average Bonchev–Trinajstić information content (AvgIpc) is 3.53. The second-order valence-corrected chi connectivity index (χ2v) is 10.00. The van der Waals surface area contributed by atoms with Gasteiger partial charge in [0.15, 0.2) is 18.2 Å². The Morgan fingerprint density at radius 2 is 1.71 bits per heavy atom. The van der Waals surface area contributed by atoms with Crippen molar-refractivity contribution in [2.24, 2.45) is 0 Å². The van der Waals surface area contributed by atoms with Crippen LogP contribution < -0.4 is 16.2 Å². The number of esters is 1. The number of nitrogens with zero attached hydrogens (tertiary/aromatic N) is 2. The van der Waals surface area contributed by atoms with Crippen LogP contribution in [0.3, 0.4) is 0 Å². The molecule has 4 rings (SSSR count). The van der Waals surface area contributed by atoms with E-state index in [1.165, 1.54) is 48.7 Å². The van der Waals surface area contributed by atoms with Crippen LogP contribution in [0.4, 0.5) is 10.1 Å². The van der Waals surface area contributed by atoms with Crippen molar-refractivity contribution >= 4 is 58.4 Å². The lowest BCUT2D eigenvalue weighted by Gasteiger charge is -2.18. The fourth-order valence-corrected chi connectivity index (χ4v) is 4.50. The van der Waals surface area contributed by atoms with E-state index in [0.717, 1.165) is 22.9 Å². The van der Waals surface area contributed by atoms with Crippen LogP contribution in [0.15, 0.2) is 76.3 Å². The van der Waals surface area contributed by atoms with Crippen molar-refractivity contribution in [2.45, 2.75) is 19.0 Å². The van der Waals surface area contributed by atoms with E-state index in [2.05, 4.69) is 15.6 Å². The van der Waals surface area contributed by atoms with Crippen LogP contribution in [-0.4, -0.2) is 56.8 Å². The molecule has 232 valence electrons. The van der Waals surface area contributed by atoms with Crippen LogP contribution in [0, 0.1) is 5.82 Å². The van der Waals surface area contributed by atoms with Gasteiger partial charge in [-0.1, -0.05) is 29.3 Å². The maximum Gasteiger partial charge on any atom is 0.341 e. The van der Waals surface area contributed by atoms with Crippen molar-refractivity contribution in [3.05, 3.63) is 105 Å². The van der Waals surface area contributed by atoms with Crippen LogP contribution in [0.1, 0.15) is 27.3 Å². The zero-order valence-electron chi connectivity index (χ0n) is 22.8. The van der Waals surface area contributed by atoms with Gasteiger partial charge in [0, 0.05) is 5.56 Å². The molecule has 3 N–H and O–H groups in total. The minimum absolute atomic E-state index is 0.0473. The lowest BCUT2D eigenvalue weighted by molar-refractivity contribution is -0.140. The number of aromatic nitrogens is 2. The Bertz CT molecular complexity index is 1810. The SMILES string of the molecule is O=C(O)C[C@H](NC(=O)Cn1c(-c2ccc(F)cc2)ncc(NC(=O)c2ccco2)c1=O)C(=O)COC(=O)c1c(Cl)cccc1Cl. The normalized spacial score (nSPS) is 11.4. The van der Waals surface area contributed by atoms with E-state index in [-0.39, 0.29) is 38.4 Å². The number of carbonyl (C=O) groups is 5. The number of nitrogens with one attached hydrogen (secondary N) is 2. The van der Waals surface area contributed by atoms with Gasteiger partial charge >= 0.3 is 11.9 Å². The average molecular weight is 659 g/mol. The number of ketones is 1. The number of carbonyl (C=O) groups excluding carboxylic acids is 4. The van der Waals surface area contributed by atoms with Crippen molar-refractivity contribution in [1.82, 2.24) is 14.9 Å². The molecule has 2 aromatic heterocycles. The Morgan fingerprint density at radius 3 is 2.33 bits per heavy atom. The molecule has 0 saturated carbocycles. The molecule has 0 spiro atoms. The number of amides is 2. The summed E-state index contributed by atoms with van der Waals surface area (Å²) in [5.74, 6) is -6.14. The molecular formula is C29H21Cl2FN4O9. The molecule has 0 bridgehead atoms. The van der Waals surface area contributed by atoms with Gasteiger partial charge < -0.3 is 24.9 Å². The molecule has 4 aromatic rings. The van der Waals surface area contributed by atoms with E-state index in [1.807, 2.05) is 0 Å². The molecular weight excluding hydrogens is 638 g/mol. The number of Topliss-reactive ketones (excluding diaryl/α,β-unsaturated/α-hetero) is 1. The maximum atomic E-state index is 13.6. The lowest BCUT2D eigenvalue weighted by atomic mass is 10.1. The van der Waals surface area contributed by atoms with Gasteiger partial charge in [-0.05, 0) is 48.5 Å². The Balaban J connectivity index is 1.56. The molecule has 0 radical (unpaired) electrons. The van der Waals surface area contributed by atoms with E-state index < -0.39 is 66.5 Å². The van der Waals surface area contributed by atoms with E-state index in [0.29, 0.717) is 0 Å². The Morgan fingerprint density at radius 1 is 1.02 bits per heavy atom. The third-order valence-corrected chi connectivity index (χ3v) is 6.69. The number of benzene rings is 2. The van der Waals surface area contributed by atoms with Gasteiger partial charge in [-0.25, -0.2) is 14.2 Å². The van der Waals surface area contributed by atoms with E-state index in [4.69, 9.17) is 32.4 Å². The summed E-state index contributed by atoms with van der Waals surface area (Å²) >= 11 is 11.9. The molecule has 0 saturated heterocycles. The molecule has 2 amide bonds. The van der Waals surface area contributed by atoms with Crippen molar-refractivity contribution in [3.63, 3.8) is 0 Å². The summed E-state index contributed by atoms with van der Waals surface area (Å²) < 4.78 is 24.4. The van der Waals surface area contributed by atoms with Crippen molar-refractivity contribution in [2.75, 3.05) is 11.9 Å². The monoisotopic (exact) mass is 658 g/mol. The Hall–Kier alpha value is -5.34. The van der Waals surface area contributed by atoms with Crippen LogP contribution in [0.25, 0.3) is 11.4 Å². The number of ether oxygens (including phenoxy) is 1. The van der Waals surface area contributed by atoms with Crippen molar-refractivity contribution in [1.29, 1.82) is 0 Å². The van der Waals surface area contributed by atoms with Crippen molar-refractivity contribution < 1.29 is 42.6 Å². The molecule has 0 unspecified atom stereocenters. The lowest BCUT2D eigenvalue weighted by Crippen LogP contribution is -2.46. The minimum Gasteiger partial charge on any atom is -0.481 e. The molecule has 0 aliphatic carbocycles. The third-order valence-electron chi connectivity index (χ3n) is 6.06. The highest BCUT2D eigenvalue weighted by Gasteiger charge is 2.27. The number of hydrogen-bond acceptors (Lipinski definition) is 9. The number of halogens is 3. The standard InChI is InChI=1S/C29H21Cl2FN4O9/c30-17-3-1-4-18(31)25(17)29(43)45-14-21(37)19(11-24(39)40)34-23(38)13-36-26(15-6-8-16(32)9-7-15)33-12-20(28(36)42)35-27(41)22-5-2-10-44-22/h1-10,12,19H,11,13-14H2,(H,34,38)(H,35,41)(H,39,40)/t19-/m0/s1.